The number of hydrogen-bond acceptors (Lipinski definition) is 3. The number of aryl methyl sites for hydroxylation is 1. The van der Waals surface area contributed by atoms with E-state index in [1.165, 1.54) is 11.1 Å². The first-order valence-electron chi connectivity index (χ1n) is 9.33. The number of hydrogen-bond donors (Lipinski definition) is 1. The Balaban J connectivity index is 1.51. The lowest BCUT2D eigenvalue weighted by molar-refractivity contribution is -0.126. The van der Waals surface area contributed by atoms with Gasteiger partial charge in [0.25, 0.3) is 0 Å². The fourth-order valence-corrected chi connectivity index (χ4v) is 3.52. The molecule has 1 amide bonds. The fourth-order valence-electron chi connectivity index (χ4n) is 3.52. The Morgan fingerprint density at radius 2 is 1.96 bits per heavy atom. The molecule has 4 nitrogen and oxygen atoms in total. The number of amides is 1. The number of benzene rings is 2. The molecule has 0 spiro atoms. The zero-order valence-electron chi connectivity index (χ0n) is 15.7. The second-order valence-electron chi connectivity index (χ2n) is 7.07. The van der Waals surface area contributed by atoms with Gasteiger partial charge >= 0.3 is 0 Å². The molecular formula is C22H28N2O2. The quantitative estimate of drug-likeness (QED) is 0.865. The predicted octanol–water partition coefficient (Wildman–Crippen LogP) is 3.53. The van der Waals surface area contributed by atoms with E-state index in [0.717, 1.165) is 43.8 Å². The van der Waals surface area contributed by atoms with Crippen molar-refractivity contribution in [2.75, 3.05) is 20.2 Å². The molecule has 4 heteroatoms. The number of nitrogens with zero attached hydrogens (tertiary/aromatic N) is 1. The summed E-state index contributed by atoms with van der Waals surface area (Å²) in [5.74, 6) is 1.07. The second-order valence-corrected chi connectivity index (χ2v) is 7.07. The molecule has 1 saturated heterocycles. The van der Waals surface area contributed by atoms with Gasteiger partial charge in [0.2, 0.25) is 5.91 Å². The normalized spacial score (nSPS) is 17.7. The van der Waals surface area contributed by atoms with Crippen LogP contribution in [0.1, 0.15) is 29.5 Å². The van der Waals surface area contributed by atoms with E-state index in [2.05, 4.69) is 41.4 Å². The number of carbonyl (C=O) groups excluding carboxylic acids is 1. The van der Waals surface area contributed by atoms with Crippen LogP contribution in [-0.2, 0) is 17.9 Å². The van der Waals surface area contributed by atoms with E-state index in [-0.39, 0.29) is 11.8 Å². The molecule has 1 unspecified atom stereocenters. The van der Waals surface area contributed by atoms with E-state index in [1.54, 1.807) is 7.11 Å². The standard InChI is InChI=1S/C22H28N2O2/c1-17-6-3-4-7-19(17)15-24-13-5-8-20(16-24)22(25)23-14-18-9-11-21(26-2)12-10-18/h3-4,6-7,9-12,20H,5,8,13-16H2,1-2H3,(H,23,25). The maximum absolute atomic E-state index is 12.6. The van der Waals surface area contributed by atoms with Crippen LogP contribution in [0.5, 0.6) is 5.75 Å². The van der Waals surface area contributed by atoms with Crippen molar-refractivity contribution in [1.82, 2.24) is 10.2 Å². The van der Waals surface area contributed by atoms with E-state index in [9.17, 15) is 4.79 Å². The molecular weight excluding hydrogens is 324 g/mol. The van der Waals surface area contributed by atoms with Crippen molar-refractivity contribution in [3.8, 4) is 5.75 Å². The first kappa shape index (κ1) is 18.5. The lowest BCUT2D eigenvalue weighted by Crippen LogP contribution is -2.42. The average Bonchev–Trinajstić information content (AvgIpc) is 2.68. The van der Waals surface area contributed by atoms with E-state index in [1.807, 2.05) is 24.3 Å². The molecule has 1 aliphatic rings. The van der Waals surface area contributed by atoms with Gasteiger partial charge in [-0.1, -0.05) is 36.4 Å². The fraction of sp³-hybridized carbons (Fsp3) is 0.409. The van der Waals surface area contributed by atoms with Crippen molar-refractivity contribution in [3.05, 3.63) is 65.2 Å². The summed E-state index contributed by atoms with van der Waals surface area (Å²) in [5.41, 5.74) is 3.76. The van der Waals surface area contributed by atoms with Crippen molar-refractivity contribution < 1.29 is 9.53 Å². The Morgan fingerprint density at radius 3 is 2.69 bits per heavy atom. The van der Waals surface area contributed by atoms with Crippen LogP contribution >= 0.6 is 0 Å². The van der Waals surface area contributed by atoms with Crippen LogP contribution in [0.2, 0.25) is 0 Å². The van der Waals surface area contributed by atoms with E-state index in [4.69, 9.17) is 4.74 Å². The first-order chi connectivity index (χ1) is 12.7. The number of rotatable bonds is 6. The topological polar surface area (TPSA) is 41.6 Å². The first-order valence-corrected chi connectivity index (χ1v) is 9.33. The smallest absolute Gasteiger partial charge is 0.224 e. The van der Waals surface area contributed by atoms with Crippen LogP contribution < -0.4 is 10.1 Å². The summed E-state index contributed by atoms with van der Waals surface area (Å²) in [6, 6.07) is 16.3. The molecule has 1 fully saturated rings. The summed E-state index contributed by atoms with van der Waals surface area (Å²) in [4.78, 5) is 15.0. The van der Waals surface area contributed by atoms with Gasteiger partial charge in [0, 0.05) is 19.6 Å². The minimum absolute atomic E-state index is 0.0750. The number of ether oxygens (including phenoxy) is 1. The Morgan fingerprint density at radius 1 is 1.19 bits per heavy atom. The molecule has 1 N–H and O–H groups in total. The average molecular weight is 352 g/mol. The minimum atomic E-state index is 0.0750. The highest BCUT2D eigenvalue weighted by atomic mass is 16.5. The molecule has 0 saturated carbocycles. The van der Waals surface area contributed by atoms with Crippen molar-refractivity contribution in [3.63, 3.8) is 0 Å². The molecule has 0 aromatic heterocycles. The summed E-state index contributed by atoms with van der Waals surface area (Å²) in [5, 5.41) is 3.10. The third kappa shape index (κ3) is 4.85. The van der Waals surface area contributed by atoms with Crippen molar-refractivity contribution in [2.45, 2.75) is 32.9 Å². The molecule has 1 aliphatic heterocycles. The second kappa shape index (κ2) is 8.86. The van der Waals surface area contributed by atoms with Crippen molar-refractivity contribution in [2.24, 2.45) is 5.92 Å². The molecule has 2 aromatic carbocycles. The molecule has 1 atom stereocenters. The number of nitrogens with one attached hydrogen (secondary N) is 1. The highest BCUT2D eigenvalue weighted by Gasteiger charge is 2.25. The van der Waals surface area contributed by atoms with Gasteiger partial charge in [-0.15, -0.1) is 0 Å². The summed E-state index contributed by atoms with van der Waals surface area (Å²) in [7, 11) is 1.66. The van der Waals surface area contributed by atoms with Crippen molar-refractivity contribution in [1.29, 1.82) is 0 Å². The van der Waals surface area contributed by atoms with E-state index < -0.39 is 0 Å². The van der Waals surface area contributed by atoms with Gasteiger partial charge < -0.3 is 10.1 Å². The lowest BCUT2D eigenvalue weighted by atomic mass is 9.96. The van der Waals surface area contributed by atoms with Crippen LogP contribution in [0, 0.1) is 12.8 Å². The van der Waals surface area contributed by atoms with Gasteiger partial charge in [0.05, 0.1) is 13.0 Å². The van der Waals surface area contributed by atoms with Gasteiger partial charge in [-0.3, -0.25) is 9.69 Å². The Hall–Kier alpha value is -2.33. The summed E-state index contributed by atoms with van der Waals surface area (Å²) in [6.45, 7) is 5.55. The summed E-state index contributed by atoms with van der Waals surface area (Å²) in [6.07, 6.45) is 2.05. The molecule has 138 valence electrons. The molecule has 2 aromatic rings. The van der Waals surface area contributed by atoms with Crippen LogP contribution in [0.25, 0.3) is 0 Å². The van der Waals surface area contributed by atoms with Gasteiger partial charge in [-0.25, -0.2) is 0 Å². The third-order valence-electron chi connectivity index (χ3n) is 5.16. The van der Waals surface area contributed by atoms with Crippen LogP contribution in [0.4, 0.5) is 0 Å². The predicted molar refractivity (Wildman–Crippen MR) is 104 cm³/mol. The monoisotopic (exact) mass is 352 g/mol. The zero-order chi connectivity index (χ0) is 18.4. The maximum atomic E-state index is 12.6. The molecule has 0 bridgehead atoms. The Kier molecular flexibility index (Phi) is 6.29. The zero-order valence-corrected chi connectivity index (χ0v) is 15.7. The summed E-state index contributed by atoms with van der Waals surface area (Å²) < 4.78 is 5.17. The SMILES string of the molecule is COc1ccc(CNC(=O)C2CCCN(Cc3ccccc3C)C2)cc1. The number of likely N-dealkylation sites (tertiary alicyclic amines) is 1. The number of methoxy groups -OCH3 is 1. The summed E-state index contributed by atoms with van der Waals surface area (Å²) >= 11 is 0. The van der Waals surface area contributed by atoms with Gasteiger partial charge in [-0.2, -0.15) is 0 Å². The third-order valence-corrected chi connectivity index (χ3v) is 5.16. The number of carbonyl (C=O) groups is 1. The van der Waals surface area contributed by atoms with Crippen LogP contribution in [-0.4, -0.2) is 31.0 Å². The molecule has 0 aliphatic carbocycles. The van der Waals surface area contributed by atoms with Crippen LogP contribution in [0.15, 0.2) is 48.5 Å². The molecule has 26 heavy (non-hydrogen) atoms. The van der Waals surface area contributed by atoms with Gasteiger partial charge in [-0.05, 0) is 55.1 Å². The Bertz CT molecular complexity index is 727. The highest BCUT2D eigenvalue weighted by molar-refractivity contribution is 5.79. The lowest BCUT2D eigenvalue weighted by Gasteiger charge is -2.32. The van der Waals surface area contributed by atoms with Gasteiger partial charge in [0.1, 0.15) is 5.75 Å². The van der Waals surface area contributed by atoms with E-state index >= 15 is 0 Å². The van der Waals surface area contributed by atoms with Crippen LogP contribution in [0.3, 0.4) is 0 Å². The maximum Gasteiger partial charge on any atom is 0.224 e. The van der Waals surface area contributed by atoms with Crippen molar-refractivity contribution >= 4 is 5.91 Å². The van der Waals surface area contributed by atoms with E-state index in [0.29, 0.717) is 6.54 Å². The van der Waals surface area contributed by atoms with Gasteiger partial charge in [0.15, 0.2) is 0 Å². The molecule has 1 heterocycles. The Labute approximate surface area is 156 Å². The number of piperidine rings is 1. The minimum Gasteiger partial charge on any atom is -0.497 e. The highest BCUT2D eigenvalue weighted by Crippen LogP contribution is 2.20. The largest absolute Gasteiger partial charge is 0.497 e. The molecule has 0 radical (unpaired) electrons. The molecule has 3 rings (SSSR count).